The second-order valence-electron chi connectivity index (χ2n) is 7.74. The Balaban J connectivity index is 1.39. The van der Waals surface area contributed by atoms with Gasteiger partial charge in [-0.3, -0.25) is 0 Å². The van der Waals surface area contributed by atoms with Gasteiger partial charge >= 0.3 is 0 Å². The lowest BCUT2D eigenvalue weighted by molar-refractivity contribution is 0.172. The van der Waals surface area contributed by atoms with E-state index in [4.69, 9.17) is 0 Å². The second kappa shape index (κ2) is 5.73. The monoisotopic (exact) mass is 264 g/mol. The largest absolute Gasteiger partial charge is 0.315 e. The van der Waals surface area contributed by atoms with Crippen molar-refractivity contribution < 1.29 is 0 Å². The van der Waals surface area contributed by atoms with E-state index in [2.05, 4.69) is 24.5 Å². The lowest BCUT2D eigenvalue weighted by Crippen LogP contribution is -2.52. The lowest BCUT2D eigenvalue weighted by atomic mass is 9.78. The van der Waals surface area contributed by atoms with E-state index in [1.165, 1.54) is 64.5 Å². The van der Waals surface area contributed by atoms with E-state index >= 15 is 0 Å². The van der Waals surface area contributed by atoms with Crippen LogP contribution in [0, 0.1) is 17.3 Å². The Morgan fingerprint density at radius 3 is 2.63 bits per heavy atom. The minimum atomic E-state index is 0.655. The van der Waals surface area contributed by atoms with Gasteiger partial charge in [-0.2, -0.15) is 0 Å². The summed E-state index contributed by atoms with van der Waals surface area (Å²) < 4.78 is 0. The molecular weight excluding hydrogens is 232 g/mol. The van der Waals surface area contributed by atoms with Crippen LogP contribution in [0.3, 0.4) is 0 Å². The molecule has 0 spiro atoms. The highest BCUT2D eigenvalue weighted by Crippen LogP contribution is 2.51. The van der Waals surface area contributed by atoms with E-state index in [0.29, 0.717) is 5.41 Å². The summed E-state index contributed by atoms with van der Waals surface area (Å²) in [6.07, 6.45) is 11.6. The molecule has 2 saturated carbocycles. The summed E-state index contributed by atoms with van der Waals surface area (Å²) >= 11 is 0. The van der Waals surface area contributed by atoms with Crippen molar-refractivity contribution in [2.45, 2.75) is 77.3 Å². The summed E-state index contributed by atoms with van der Waals surface area (Å²) in [5.41, 5.74) is 0.655. The number of hydrogen-bond acceptors (Lipinski definition) is 2. The number of piperidine rings is 1. The maximum absolute atomic E-state index is 3.93. The third kappa shape index (κ3) is 3.16. The SMILES string of the molecule is CC(C)C1(CNCC2CCC3CCCCC3N2)CC1. The smallest absolute Gasteiger partial charge is 0.0195 e. The molecule has 0 aromatic rings. The fourth-order valence-corrected chi connectivity index (χ4v) is 4.35. The molecule has 110 valence electrons. The average molecular weight is 264 g/mol. The van der Waals surface area contributed by atoms with Gasteiger partial charge in [0.2, 0.25) is 0 Å². The van der Waals surface area contributed by atoms with Gasteiger partial charge in [0.25, 0.3) is 0 Å². The second-order valence-corrected chi connectivity index (χ2v) is 7.74. The Labute approximate surface area is 119 Å². The van der Waals surface area contributed by atoms with E-state index in [1.54, 1.807) is 0 Å². The van der Waals surface area contributed by atoms with E-state index in [9.17, 15) is 0 Å². The highest BCUT2D eigenvalue weighted by molar-refractivity contribution is 4.98. The van der Waals surface area contributed by atoms with Gasteiger partial charge in [-0.1, -0.05) is 26.7 Å². The molecule has 3 atom stereocenters. The summed E-state index contributed by atoms with van der Waals surface area (Å²) in [4.78, 5) is 0. The van der Waals surface area contributed by atoms with Gasteiger partial charge in [-0.05, 0) is 55.8 Å². The van der Waals surface area contributed by atoms with Gasteiger partial charge in [-0.15, -0.1) is 0 Å². The topological polar surface area (TPSA) is 24.1 Å². The van der Waals surface area contributed by atoms with Crippen LogP contribution in [0.5, 0.6) is 0 Å². The summed E-state index contributed by atoms with van der Waals surface area (Å²) in [7, 11) is 0. The zero-order valence-corrected chi connectivity index (χ0v) is 12.9. The van der Waals surface area contributed by atoms with Crippen molar-refractivity contribution in [1.29, 1.82) is 0 Å². The normalized spacial score (nSPS) is 37.1. The van der Waals surface area contributed by atoms with Gasteiger partial charge in [0.1, 0.15) is 0 Å². The van der Waals surface area contributed by atoms with Crippen molar-refractivity contribution in [3.05, 3.63) is 0 Å². The number of nitrogens with one attached hydrogen (secondary N) is 2. The summed E-state index contributed by atoms with van der Waals surface area (Å²) in [5, 5.41) is 7.70. The predicted octanol–water partition coefficient (Wildman–Crippen LogP) is 3.32. The Morgan fingerprint density at radius 1 is 1.11 bits per heavy atom. The highest BCUT2D eigenvalue weighted by atomic mass is 15.0. The first-order valence-corrected chi connectivity index (χ1v) is 8.66. The molecule has 0 aromatic carbocycles. The zero-order chi connectivity index (χ0) is 13.3. The first kappa shape index (κ1) is 13.9. The maximum Gasteiger partial charge on any atom is 0.0195 e. The molecule has 2 N–H and O–H groups in total. The Morgan fingerprint density at radius 2 is 1.89 bits per heavy atom. The van der Waals surface area contributed by atoms with Crippen LogP contribution in [0.1, 0.15) is 65.2 Å². The van der Waals surface area contributed by atoms with Crippen molar-refractivity contribution in [1.82, 2.24) is 10.6 Å². The molecule has 2 aliphatic carbocycles. The molecule has 3 rings (SSSR count). The van der Waals surface area contributed by atoms with E-state index in [0.717, 1.165) is 23.9 Å². The van der Waals surface area contributed by atoms with Crippen LogP contribution in [0.4, 0.5) is 0 Å². The molecule has 0 aromatic heterocycles. The molecule has 0 bridgehead atoms. The number of hydrogen-bond donors (Lipinski definition) is 2. The maximum atomic E-state index is 3.93. The minimum Gasteiger partial charge on any atom is -0.315 e. The van der Waals surface area contributed by atoms with Crippen LogP contribution in [0.2, 0.25) is 0 Å². The summed E-state index contributed by atoms with van der Waals surface area (Å²) in [6.45, 7) is 7.22. The Bertz CT molecular complexity index is 296. The average Bonchev–Trinajstić information content (AvgIpc) is 3.20. The van der Waals surface area contributed by atoms with Gasteiger partial charge in [0.05, 0.1) is 0 Å². The van der Waals surface area contributed by atoms with Crippen molar-refractivity contribution in [3.8, 4) is 0 Å². The third-order valence-electron chi connectivity index (χ3n) is 6.23. The van der Waals surface area contributed by atoms with Gasteiger partial charge < -0.3 is 10.6 Å². The Hall–Kier alpha value is -0.0800. The van der Waals surface area contributed by atoms with Crippen LogP contribution < -0.4 is 10.6 Å². The fraction of sp³-hybridized carbons (Fsp3) is 1.00. The van der Waals surface area contributed by atoms with Gasteiger partial charge in [0, 0.05) is 25.2 Å². The van der Waals surface area contributed by atoms with Crippen LogP contribution in [-0.4, -0.2) is 25.2 Å². The lowest BCUT2D eigenvalue weighted by Gasteiger charge is -2.40. The third-order valence-corrected chi connectivity index (χ3v) is 6.23. The molecule has 3 unspecified atom stereocenters. The standard InChI is InChI=1S/C17H32N2/c1-13(2)17(9-10-17)12-18-11-15-8-7-14-5-3-4-6-16(14)19-15/h13-16,18-19H,3-12H2,1-2H3. The Kier molecular flexibility index (Phi) is 4.19. The first-order valence-electron chi connectivity index (χ1n) is 8.66. The summed E-state index contributed by atoms with van der Waals surface area (Å²) in [6, 6.07) is 1.58. The van der Waals surface area contributed by atoms with Crippen molar-refractivity contribution in [3.63, 3.8) is 0 Å². The molecule has 1 aliphatic heterocycles. The van der Waals surface area contributed by atoms with E-state index in [1.807, 2.05) is 0 Å². The molecule has 0 amide bonds. The molecule has 3 aliphatic rings. The number of fused-ring (bicyclic) bond motifs is 1. The molecule has 3 fully saturated rings. The van der Waals surface area contributed by atoms with Crippen molar-refractivity contribution in [2.24, 2.45) is 17.3 Å². The zero-order valence-electron chi connectivity index (χ0n) is 12.9. The van der Waals surface area contributed by atoms with Gasteiger partial charge in [-0.25, -0.2) is 0 Å². The minimum absolute atomic E-state index is 0.655. The summed E-state index contributed by atoms with van der Waals surface area (Å²) in [5.74, 6) is 1.84. The molecule has 0 radical (unpaired) electrons. The van der Waals surface area contributed by atoms with Crippen molar-refractivity contribution in [2.75, 3.05) is 13.1 Å². The van der Waals surface area contributed by atoms with Crippen LogP contribution >= 0.6 is 0 Å². The molecule has 1 saturated heterocycles. The quantitative estimate of drug-likeness (QED) is 0.796. The molecule has 2 heteroatoms. The molecule has 1 heterocycles. The molecule has 2 nitrogen and oxygen atoms in total. The molecular formula is C17H32N2. The van der Waals surface area contributed by atoms with Gasteiger partial charge in [0.15, 0.2) is 0 Å². The fourth-order valence-electron chi connectivity index (χ4n) is 4.35. The molecule has 19 heavy (non-hydrogen) atoms. The van der Waals surface area contributed by atoms with Crippen LogP contribution in [0.25, 0.3) is 0 Å². The van der Waals surface area contributed by atoms with Crippen molar-refractivity contribution >= 4 is 0 Å². The number of rotatable bonds is 5. The van der Waals surface area contributed by atoms with E-state index < -0.39 is 0 Å². The first-order chi connectivity index (χ1) is 9.20. The predicted molar refractivity (Wildman–Crippen MR) is 81.3 cm³/mol. The van der Waals surface area contributed by atoms with E-state index in [-0.39, 0.29) is 0 Å². The van der Waals surface area contributed by atoms with Crippen LogP contribution in [0.15, 0.2) is 0 Å². The highest BCUT2D eigenvalue weighted by Gasteiger charge is 2.44. The van der Waals surface area contributed by atoms with Crippen LogP contribution in [-0.2, 0) is 0 Å².